The van der Waals surface area contributed by atoms with Crippen molar-refractivity contribution in [3.63, 3.8) is 0 Å². The maximum atomic E-state index is 11.5. The highest BCUT2D eigenvalue weighted by Gasteiger charge is 2.10. The minimum absolute atomic E-state index is 0.0573. The van der Waals surface area contributed by atoms with Crippen LogP contribution in [0, 0.1) is 0 Å². The van der Waals surface area contributed by atoms with E-state index in [0.29, 0.717) is 0 Å². The molecule has 0 bridgehead atoms. The highest BCUT2D eigenvalue weighted by Crippen LogP contribution is 2.30. The Morgan fingerprint density at radius 2 is 1.70 bits per heavy atom. The number of nitrogens with one attached hydrogen (secondary N) is 1. The van der Waals surface area contributed by atoms with E-state index in [2.05, 4.69) is 48.6 Å². The van der Waals surface area contributed by atoms with E-state index in [1.807, 2.05) is 36.4 Å². The van der Waals surface area contributed by atoms with Gasteiger partial charge in [-0.25, -0.2) is 0 Å². The molecule has 0 aliphatic carbocycles. The van der Waals surface area contributed by atoms with Gasteiger partial charge in [-0.3, -0.25) is 4.79 Å². The highest BCUT2D eigenvalue weighted by molar-refractivity contribution is 5.95. The summed E-state index contributed by atoms with van der Waals surface area (Å²) in [5, 5.41) is 2.93. The Bertz CT molecular complexity index is 675. The second-order valence-electron chi connectivity index (χ2n) is 5.80. The van der Waals surface area contributed by atoms with Gasteiger partial charge in [-0.05, 0) is 37.7 Å². The molecular weight excluding hydrogens is 284 g/mol. The minimum atomic E-state index is -0.0573. The van der Waals surface area contributed by atoms with Crippen molar-refractivity contribution in [2.45, 2.75) is 13.3 Å². The zero-order valence-corrected chi connectivity index (χ0v) is 14.0. The molecule has 0 unspecified atom stereocenters. The molecule has 2 aromatic rings. The number of carbonyl (C=O) groups is 1. The van der Waals surface area contributed by atoms with Gasteiger partial charge < -0.3 is 10.2 Å². The molecule has 3 heteroatoms. The molecule has 0 saturated heterocycles. The number of benzene rings is 2. The summed E-state index contributed by atoms with van der Waals surface area (Å²) < 4.78 is 0. The van der Waals surface area contributed by atoms with Crippen molar-refractivity contribution in [2.24, 2.45) is 0 Å². The lowest BCUT2D eigenvalue weighted by atomic mass is 9.95. The zero-order valence-electron chi connectivity index (χ0n) is 14.0. The summed E-state index contributed by atoms with van der Waals surface area (Å²) in [7, 11) is 4.14. The van der Waals surface area contributed by atoms with Crippen LogP contribution >= 0.6 is 0 Å². The van der Waals surface area contributed by atoms with Crippen LogP contribution in [-0.4, -0.2) is 31.4 Å². The summed E-state index contributed by atoms with van der Waals surface area (Å²) in [5.74, 6) is -0.0573. The van der Waals surface area contributed by atoms with Gasteiger partial charge in [-0.15, -0.1) is 0 Å². The Labute approximate surface area is 138 Å². The van der Waals surface area contributed by atoms with Crippen LogP contribution in [0.25, 0.3) is 5.57 Å². The number of hydrogen-bond donors (Lipinski definition) is 1. The first-order valence-corrected chi connectivity index (χ1v) is 7.85. The van der Waals surface area contributed by atoms with Gasteiger partial charge in [0.05, 0.1) is 0 Å². The van der Waals surface area contributed by atoms with E-state index in [1.54, 1.807) is 0 Å². The third-order valence-corrected chi connectivity index (χ3v) is 3.54. The first-order chi connectivity index (χ1) is 11.1. The molecule has 120 valence electrons. The van der Waals surface area contributed by atoms with E-state index in [9.17, 15) is 4.79 Å². The predicted octanol–water partition coefficient (Wildman–Crippen LogP) is 4.03. The molecule has 0 heterocycles. The lowest BCUT2D eigenvalue weighted by Crippen LogP contribution is -2.12. The fourth-order valence-electron chi connectivity index (χ4n) is 2.48. The van der Waals surface area contributed by atoms with Crippen LogP contribution in [0.1, 0.15) is 24.5 Å². The smallest absolute Gasteiger partial charge is 0.221 e. The molecule has 0 aromatic heterocycles. The molecule has 0 spiro atoms. The van der Waals surface area contributed by atoms with Crippen molar-refractivity contribution in [2.75, 3.05) is 26.0 Å². The Morgan fingerprint density at radius 1 is 1.04 bits per heavy atom. The maximum Gasteiger partial charge on any atom is 0.221 e. The van der Waals surface area contributed by atoms with Gasteiger partial charge in [0.2, 0.25) is 5.91 Å². The predicted molar refractivity (Wildman–Crippen MR) is 97.4 cm³/mol. The molecule has 1 amide bonds. The van der Waals surface area contributed by atoms with Crippen molar-refractivity contribution in [3.8, 4) is 0 Å². The van der Waals surface area contributed by atoms with Gasteiger partial charge >= 0.3 is 0 Å². The standard InChI is InChI=1S/C20H24N2O/c1-16(23)21-20-14-8-7-12-19(20)18(13-9-15-22(2)3)17-10-5-4-6-11-17/h4-8,10-14H,9,15H2,1-3H3,(H,21,23). The third kappa shape index (κ3) is 5.08. The normalized spacial score (nSPS) is 11.6. The summed E-state index contributed by atoms with van der Waals surface area (Å²) >= 11 is 0. The molecule has 1 N–H and O–H groups in total. The Kier molecular flexibility index (Phi) is 6.12. The largest absolute Gasteiger partial charge is 0.326 e. The van der Waals surface area contributed by atoms with Crippen LogP contribution < -0.4 is 5.32 Å². The van der Waals surface area contributed by atoms with E-state index in [4.69, 9.17) is 0 Å². The monoisotopic (exact) mass is 308 g/mol. The molecule has 0 aliphatic rings. The Hall–Kier alpha value is -2.39. The number of amides is 1. The van der Waals surface area contributed by atoms with Crippen LogP contribution in [0.4, 0.5) is 5.69 Å². The average molecular weight is 308 g/mol. The molecule has 0 radical (unpaired) electrons. The SMILES string of the molecule is CC(=O)Nc1ccccc1C(=CCCN(C)C)c1ccccc1. The molecule has 0 aliphatic heterocycles. The van der Waals surface area contributed by atoms with Crippen molar-refractivity contribution >= 4 is 17.2 Å². The van der Waals surface area contributed by atoms with E-state index >= 15 is 0 Å². The average Bonchev–Trinajstić information content (AvgIpc) is 2.52. The van der Waals surface area contributed by atoms with E-state index < -0.39 is 0 Å². The number of carbonyl (C=O) groups excluding carboxylic acids is 1. The van der Waals surface area contributed by atoms with E-state index in [0.717, 1.165) is 35.4 Å². The molecular formula is C20H24N2O. The van der Waals surface area contributed by atoms with Crippen LogP contribution in [0.3, 0.4) is 0 Å². The van der Waals surface area contributed by atoms with Crippen molar-refractivity contribution in [3.05, 3.63) is 71.8 Å². The highest BCUT2D eigenvalue weighted by atomic mass is 16.1. The zero-order chi connectivity index (χ0) is 16.7. The number of rotatable bonds is 6. The van der Waals surface area contributed by atoms with Gasteiger partial charge in [0.25, 0.3) is 0 Å². The molecule has 2 rings (SSSR count). The van der Waals surface area contributed by atoms with Crippen molar-refractivity contribution < 1.29 is 4.79 Å². The summed E-state index contributed by atoms with van der Waals surface area (Å²) in [6, 6.07) is 18.2. The third-order valence-electron chi connectivity index (χ3n) is 3.54. The molecule has 2 aromatic carbocycles. The van der Waals surface area contributed by atoms with Crippen LogP contribution in [0.5, 0.6) is 0 Å². The van der Waals surface area contributed by atoms with Gasteiger partial charge in [0.1, 0.15) is 0 Å². The first kappa shape index (κ1) is 17.0. The second-order valence-corrected chi connectivity index (χ2v) is 5.80. The Balaban J connectivity index is 2.44. The summed E-state index contributed by atoms with van der Waals surface area (Å²) in [5.41, 5.74) is 4.20. The fraction of sp³-hybridized carbons (Fsp3) is 0.250. The number of nitrogens with zero attached hydrogens (tertiary/aromatic N) is 1. The lowest BCUT2D eigenvalue weighted by Gasteiger charge is -2.15. The molecule has 0 atom stereocenters. The molecule has 3 nitrogen and oxygen atoms in total. The van der Waals surface area contributed by atoms with Crippen LogP contribution in [0.2, 0.25) is 0 Å². The van der Waals surface area contributed by atoms with Gasteiger partial charge in [-0.2, -0.15) is 0 Å². The number of anilines is 1. The topological polar surface area (TPSA) is 32.3 Å². The van der Waals surface area contributed by atoms with E-state index in [1.165, 1.54) is 6.92 Å². The second kappa shape index (κ2) is 8.30. The fourth-order valence-corrected chi connectivity index (χ4v) is 2.48. The molecule has 23 heavy (non-hydrogen) atoms. The summed E-state index contributed by atoms with van der Waals surface area (Å²) in [4.78, 5) is 13.7. The van der Waals surface area contributed by atoms with Gasteiger partial charge in [0, 0.05) is 24.7 Å². The summed E-state index contributed by atoms with van der Waals surface area (Å²) in [6.45, 7) is 2.52. The first-order valence-electron chi connectivity index (χ1n) is 7.85. The maximum absolute atomic E-state index is 11.5. The van der Waals surface area contributed by atoms with Crippen LogP contribution in [0.15, 0.2) is 60.7 Å². The Morgan fingerprint density at radius 3 is 2.35 bits per heavy atom. The summed E-state index contributed by atoms with van der Waals surface area (Å²) in [6.07, 6.45) is 3.20. The molecule has 0 fully saturated rings. The van der Waals surface area contributed by atoms with Crippen molar-refractivity contribution in [1.82, 2.24) is 4.90 Å². The minimum Gasteiger partial charge on any atom is -0.326 e. The number of para-hydroxylation sites is 1. The quantitative estimate of drug-likeness (QED) is 0.874. The van der Waals surface area contributed by atoms with Crippen LogP contribution in [-0.2, 0) is 4.79 Å². The number of hydrogen-bond acceptors (Lipinski definition) is 2. The van der Waals surface area contributed by atoms with Gasteiger partial charge in [-0.1, -0.05) is 54.6 Å². The van der Waals surface area contributed by atoms with E-state index in [-0.39, 0.29) is 5.91 Å². The van der Waals surface area contributed by atoms with Gasteiger partial charge in [0.15, 0.2) is 0 Å². The molecule has 0 saturated carbocycles. The lowest BCUT2D eigenvalue weighted by molar-refractivity contribution is -0.114. The van der Waals surface area contributed by atoms with Crippen molar-refractivity contribution in [1.29, 1.82) is 0 Å².